The summed E-state index contributed by atoms with van der Waals surface area (Å²) >= 11 is 0. The Kier molecular flexibility index (Phi) is 7.27. The van der Waals surface area contributed by atoms with Crippen molar-refractivity contribution >= 4 is 18.5 Å². The van der Waals surface area contributed by atoms with Crippen molar-refractivity contribution in [3.8, 4) is 16.9 Å². The fourth-order valence-electron chi connectivity index (χ4n) is 2.97. The Morgan fingerprint density at radius 1 is 1.29 bits per heavy atom. The standard InChI is InChI=1S/C21H27N3O3.ClH/c1-21(2,3)24(20(25)26)13-15-5-4-6-16(9-15)17-10-19(12-22-11-17)27-14-18-7-8-23-18;/h4-6,9-12,18,23H,7-8,13-14H2,1-3H3,(H,25,26);1H/t18-;/m0./s1. The number of carbonyl (C=O) groups is 1. The molecule has 3 rings (SSSR count). The number of amides is 1. The minimum atomic E-state index is -0.922. The van der Waals surface area contributed by atoms with E-state index in [2.05, 4.69) is 10.3 Å². The topological polar surface area (TPSA) is 74.7 Å². The molecule has 152 valence electrons. The minimum Gasteiger partial charge on any atom is -0.490 e. The molecule has 0 unspecified atom stereocenters. The van der Waals surface area contributed by atoms with Gasteiger partial charge in [-0.3, -0.25) is 9.88 Å². The van der Waals surface area contributed by atoms with E-state index >= 15 is 0 Å². The number of halogens is 1. The number of pyridine rings is 1. The van der Waals surface area contributed by atoms with Crippen LogP contribution >= 0.6 is 12.4 Å². The fourth-order valence-corrected chi connectivity index (χ4v) is 2.97. The van der Waals surface area contributed by atoms with Crippen LogP contribution in [0.4, 0.5) is 4.79 Å². The van der Waals surface area contributed by atoms with Crippen LogP contribution in [0.1, 0.15) is 32.8 Å². The third kappa shape index (κ3) is 5.59. The predicted molar refractivity (Wildman–Crippen MR) is 112 cm³/mol. The van der Waals surface area contributed by atoms with Gasteiger partial charge in [-0.25, -0.2) is 4.79 Å². The van der Waals surface area contributed by atoms with Crippen LogP contribution in [0.15, 0.2) is 42.7 Å². The van der Waals surface area contributed by atoms with E-state index in [1.165, 1.54) is 4.90 Å². The highest BCUT2D eigenvalue weighted by atomic mass is 35.5. The van der Waals surface area contributed by atoms with Gasteiger partial charge in [0.1, 0.15) is 12.4 Å². The fraction of sp³-hybridized carbons (Fsp3) is 0.429. The van der Waals surface area contributed by atoms with Crippen LogP contribution < -0.4 is 10.1 Å². The molecular weight excluding hydrogens is 378 g/mol. The van der Waals surface area contributed by atoms with Gasteiger partial charge in [-0.1, -0.05) is 18.2 Å². The molecule has 0 aliphatic carbocycles. The molecule has 28 heavy (non-hydrogen) atoms. The Labute approximate surface area is 172 Å². The number of aromatic nitrogens is 1. The largest absolute Gasteiger partial charge is 0.490 e. The number of carboxylic acid groups (broad SMARTS) is 1. The molecule has 1 fully saturated rings. The van der Waals surface area contributed by atoms with Crippen molar-refractivity contribution in [3.05, 3.63) is 48.3 Å². The number of hydrogen-bond acceptors (Lipinski definition) is 4. The summed E-state index contributed by atoms with van der Waals surface area (Å²) < 4.78 is 5.83. The molecule has 1 aromatic carbocycles. The van der Waals surface area contributed by atoms with E-state index in [9.17, 15) is 9.90 Å². The zero-order chi connectivity index (χ0) is 19.4. The molecule has 0 bridgehead atoms. The smallest absolute Gasteiger partial charge is 0.408 e. The van der Waals surface area contributed by atoms with Gasteiger partial charge in [-0.15, -0.1) is 12.4 Å². The highest BCUT2D eigenvalue weighted by Gasteiger charge is 2.26. The number of benzene rings is 1. The summed E-state index contributed by atoms with van der Waals surface area (Å²) in [6.07, 6.45) is 3.74. The SMILES string of the molecule is CC(C)(C)N(Cc1cccc(-c2cncc(OC[C@@H]3CCN3)c2)c1)C(=O)O.Cl. The molecule has 0 spiro atoms. The Hall–Kier alpha value is -2.31. The predicted octanol–water partition coefficient (Wildman–Crippen LogP) is 4.19. The van der Waals surface area contributed by atoms with Crippen molar-refractivity contribution < 1.29 is 14.6 Å². The lowest BCUT2D eigenvalue weighted by Crippen LogP contribution is -2.46. The third-order valence-electron chi connectivity index (χ3n) is 4.73. The lowest BCUT2D eigenvalue weighted by Gasteiger charge is -2.33. The van der Waals surface area contributed by atoms with Crippen LogP contribution in [0.3, 0.4) is 0 Å². The van der Waals surface area contributed by atoms with Crippen LogP contribution in [-0.4, -0.2) is 45.8 Å². The summed E-state index contributed by atoms with van der Waals surface area (Å²) in [6.45, 7) is 7.72. The van der Waals surface area contributed by atoms with Gasteiger partial charge in [0.15, 0.2) is 0 Å². The van der Waals surface area contributed by atoms with E-state index < -0.39 is 11.6 Å². The van der Waals surface area contributed by atoms with Gasteiger partial charge < -0.3 is 15.2 Å². The molecular formula is C21H28ClN3O3. The van der Waals surface area contributed by atoms with E-state index in [1.807, 2.05) is 51.1 Å². The molecule has 6 nitrogen and oxygen atoms in total. The highest BCUT2D eigenvalue weighted by Crippen LogP contribution is 2.25. The molecule has 1 atom stereocenters. The van der Waals surface area contributed by atoms with Crippen LogP contribution in [0.2, 0.25) is 0 Å². The van der Waals surface area contributed by atoms with Crippen LogP contribution in [0.25, 0.3) is 11.1 Å². The zero-order valence-electron chi connectivity index (χ0n) is 16.5. The van der Waals surface area contributed by atoms with Crippen molar-refractivity contribution in [2.24, 2.45) is 0 Å². The quantitative estimate of drug-likeness (QED) is 0.753. The minimum absolute atomic E-state index is 0. The molecule has 1 aliphatic rings. The number of rotatable bonds is 6. The van der Waals surface area contributed by atoms with E-state index in [0.717, 1.165) is 35.4 Å². The molecule has 2 heterocycles. The third-order valence-corrected chi connectivity index (χ3v) is 4.73. The second-order valence-electron chi connectivity index (χ2n) is 7.90. The van der Waals surface area contributed by atoms with Gasteiger partial charge in [-0.2, -0.15) is 0 Å². The van der Waals surface area contributed by atoms with Crippen LogP contribution in [0, 0.1) is 0 Å². The first kappa shape index (κ1) is 22.0. The zero-order valence-corrected chi connectivity index (χ0v) is 17.3. The average molecular weight is 406 g/mol. The molecule has 1 aromatic heterocycles. The lowest BCUT2D eigenvalue weighted by atomic mass is 10.0. The maximum atomic E-state index is 11.6. The summed E-state index contributed by atoms with van der Waals surface area (Å²) in [5.74, 6) is 0.744. The second kappa shape index (κ2) is 9.26. The van der Waals surface area contributed by atoms with Crippen molar-refractivity contribution in [1.82, 2.24) is 15.2 Å². The average Bonchev–Trinajstić information content (AvgIpc) is 2.58. The number of hydrogen-bond donors (Lipinski definition) is 2. The van der Waals surface area contributed by atoms with E-state index in [-0.39, 0.29) is 12.4 Å². The van der Waals surface area contributed by atoms with E-state index in [0.29, 0.717) is 19.2 Å². The Balaban J connectivity index is 0.00000280. The lowest BCUT2D eigenvalue weighted by molar-refractivity contribution is 0.0956. The Morgan fingerprint density at radius 2 is 2.04 bits per heavy atom. The highest BCUT2D eigenvalue weighted by molar-refractivity contribution is 5.85. The van der Waals surface area contributed by atoms with Gasteiger partial charge in [0.05, 0.1) is 6.20 Å². The van der Waals surface area contributed by atoms with Crippen molar-refractivity contribution in [2.45, 2.75) is 45.3 Å². The summed E-state index contributed by atoms with van der Waals surface area (Å²) in [5, 5.41) is 12.8. The first-order valence-electron chi connectivity index (χ1n) is 9.24. The number of nitrogens with zero attached hydrogens (tertiary/aromatic N) is 2. The molecule has 1 amide bonds. The van der Waals surface area contributed by atoms with Gasteiger partial charge in [0, 0.05) is 29.9 Å². The normalized spacial score (nSPS) is 15.9. The first-order chi connectivity index (χ1) is 12.8. The van der Waals surface area contributed by atoms with Gasteiger partial charge in [-0.05, 0) is 57.0 Å². The molecule has 1 saturated heterocycles. The summed E-state index contributed by atoms with van der Waals surface area (Å²) in [7, 11) is 0. The van der Waals surface area contributed by atoms with Crippen molar-refractivity contribution in [1.29, 1.82) is 0 Å². The molecule has 7 heteroatoms. The molecule has 2 aromatic rings. The van der Waals surface area contributed by atoms with Gasteiger partial charge in [0.2, 0.25) is 0 Å². The van der Waals surface area contributed by atoms with Gasteiger partial charge in [0.25, 0.3) is 0 Å². The molecule has 0 radical (unpaired) electrons. The van der Waals surface area contributed by atoms with Crippen LogP contribution in [0.5, 0.6) is 5.75 Å². The summed E-state index contributed by atoms with van der Waals surface area (Å²) in [5.41, 5.74) is 2.42. The monoisotopic (exact) mass is 405 g/mol. The summed E-state index contributed by atoms with van der Waals surface area (Å²) in [6, 6.07) is 10.3. The van der Waals surface area contributed by atoms with E-state index in [1.54, 1.807) is 12.4 Å². The molecule has 0 saturated carbocycles. The summed E-state index contributed by atoms with van der Waals surface area (Å²) in [4.78, 5) is 17.3. The second-order valence-corrected chi connectivity index (χ2v) is 7.90. The molecule has 2 N–H and O–H groups in total. The van der Waals surface area contributed by atoms with Crippen LogP contribution in [-0.2, 0) is 6.54 Å². The Morgan fingerprint density at radius 3 is 2.64 bits per heavy atom. The van der Waals surface area contributed by atoms with E-state index in [4.69, 9.17) is 4.74 Å². The first-order valence-corrected chi connectivity index (χ1v) is 9.24. The van der Waals surface area contributed by atoms with Gasteiger partial charge >= 0.3 is 6.09 Å². The number of ether oxygens (including phenoxy) is 1. The number of nitrogens with one attached hydrogen (secondary N) is 1. The Bertz CT molecular complexity index is 803. The van der Waals surface area contributed by atoms with Crippen molar-refractivity contribution in [2.75, 3.05) is 13.2 Å². The maximum Gasteiger partial charge on any atom is 0.408 e. The maximum absolute atomic E-state index is 11.6. The van der Waals surface area contributed by atoms with Crippen molar-refractivity contribution in [3.63, 3.8) is 0 Å². The molecule has 1 aliphatic heterocycles.